The number of aryl methyl sites for hydroxylation is 1. The standard InChI is InChI=1S/C7H9ClN2O3/c1-10-7(11)5(12-2)4(8)6(9-10)13-3/h1-3H3. The van der Waals surface area contributed by atoms with Crippen LogP contribution in [0.2, 0.25) is 5.02 Å². The van der Waals surface area contributed by atoms with Crippen molar-refractivity contribution in [1.82, 2.24) is 9.78 Å². The Kier molecular flexibility index (Phi) is 2.77. The van der Waals surface area contributed by atoms with Crippen molar-refractivity contribution >= 4 is 11.6 Å². The summed E-state index contributed by atoms with van der Waals surface area (Å²) in [5.41, 5.74) is -0.395. The van der Waals surface area contributed by atoms with E-state index in [0.29, 0.717) is 0 Å². The maximum Gasteiger partial charge on any atom is 0.310 e. The van der Waals surface area contributed by atoms with E-state index >= 15 is 0 Å². The Morgan fingerprint density at radius 3 is 2.46 bits per heavy atom. The Labute approximate surface area is 79.8 Å². The highest BCUT2D eigenvalue weighted by molar-refractivity contribution is 6.33. The Morgan fingerprint density at radius 1 is 1.38 bits per heavy atom. The molecule has 0 aliphatic rings. The molecule has 1 aromatic heterocycles. The zero-order chi connectivity index (χ0) is 10.0. The molecule has 1 aromatic rings. The summed E-state index contributed by atoms with van der Waals surface area (Å²) in [6, 6.07) is 0. The van der Waals surface area contributed by atoms with Gasteiger partial charge >= 0.3 is 5.56 Å². The molecule has 0 N–H and O–H groups in total. The summed E-state index contributed by atoms with van der Waals surface area (Å²) in [5, 5.41) is 3.86. The van der Waals surface area contributed by atoms with E-state index in [1.165, 1.54) is 21.3 Å². The van der Waals surface area contributed by atoms with Crippen molar-refractivity contribution in [1.29, 1.82) is 0 Å². The normalized spacial score (nSPS) is 9.85. The molecule has 0 bridgehead atoms. The fourth-order valence-corrected chi connectivity index (χ4v) is 1.14. The molecule has 0 aliphatic heterocycles. The first kappa shape index (κ1) is 9.85. The summed E-state index contributed by atoms with van der Waals surface area (Å²) in [4.78, 5) is 11.3. The monoisotopic (exact) mass is 204 g/mol. The van der Waals surface area contributed by atoms with Crippen molar-refractivity contribution in [3.63, 3.8) is 0 Å². The fourth-order valence-electron chi connectivity index (χ4n) is 0.871. The van der Waals surface area contributed by atoms with E-state index in [0.717, 1.165) is 4.68 Å². The molecule has 0 aliphatic carbocycles. The largest absolute Gasteiger partial charge is 0.490 e. The smallest absolute Gasteiger partial charge is 0.310 e. The highest BCUT2D eigenvalue weighted by atomic mass is 35.5. The van der Waals surface area contributed by atoms with E-state index in [-0.39, 0.29) is 16.7 Å². The minimum Gasteiger partial charge on any atom is -0.490 e. The molecule has 0 atom stereocenters. The van der Waals surface area contributed by atoms with Crippen molar-refractivity contribution in [2.24, 2.45) is 7.05 Å². The quantitative estimate of drug-likeness (QED) is 0.702. The predicted octanol–water partition coefficient (Wildman–Crippen LogP) is 0.451. The van der Waals surface area contributed by atoms with Crippen LogP contribution in [0.1, 0.15) is 0 Å². The third-order valence-electron chi connectivity index (χ3n) is 1.51. The molecule has 1 rings (SSSR count). The van der Waals surface area contributed by atoms with Gasteiger partial charge in [0.05, 0.1) is 14.2 Å². The topological polar surface area (TPSA) is 53.4 Å². The first-order valence-electron chi connectivity index (χ1n) is 3.46. The summed E-state index contributed by atoms with van der Waals surface area (Å²) in [7, 11) is 4.27. The number of rotatable bonds is 2. The third-order valence-corrected chi connectivity index (χ3v) is 1.85. The summed E-state index contributed by atoms with van der Waals surface area (Å²) >= 11 is 5.76. The van der Waals surface area contributed by atoms with Crippen LogP contribution in [0.15, 0.2) is 4.79 Å². The summed E-state index contributed by atoms with van der Waals surface area (Å²) in [6.45, 7) is 0. The average Bonchev–Trinajstić information content (AvgIpc) is 2.12. The number of aromatic nitrogens is 2. The summed E-state index contributed by atoms with van der Waals surface area (Å²) < 4.78 is 10.8. The first-order chi connectivity index (χ1) is 6.11. The van der Waals surface area contributed by atoms with Crippen molar-refractivity contribution in [2.45, 2.75) is 0 Å². The zero-order valence-corrected chi connectivity index (χ0v) is 8.25. The van der Waals surface area contributed by atoms with Crippen LogP contribution in [0.25, 0.3) is 0 Å². The zero-order valence-electron chi connectivity index (χ0n) is 7.50. The van der Waals surface area contributed by atoms with Gasteiger partial charge in [0, 0.05) is 7.05 Å². The predicted molar refractivity (Wildman–Crippen MR) is 47.6 cm³/mol. The van der Waals surface area contributed by atoms with Gasteiger partial charge in [0.1, 0.15) is 0 Å². The van der Waals surface area contributed by atoms with Gasteiger partial charge in [-0.3, -0.25) is 4.79 Å². The lowest BCUT2D eigenvalue weighted by Gasteiger charge is -2.07. The highest BCUT2D eigenvalue weighted by Crippen LogP contribution is 2.27. The van der Waals surface area contributed by atoms with Gasteiger partial charge in [-0.05, 0) is 0 Å². The van der Waals surface area contributed by atoms with Gasteiger partial charge in [-0.1, -0.05) is 11.6 Å². The average molecular weight is 205 g/mol. The number of halogens is 1. The van der Waals surface area contributed by atoms with Gasteiger partial charge in [0.15, 0.2) is 5.02 Å². The van der Waals surface area contributed by atoms with E-state index in [1.807, 2.05) is 0 Å². The van der Waals surface area contributed by atoms with Crippen LogP contribution in [-0.2, 0) is 7.05 Å². The van der Waals surface area contributed by atoms with Gasteiger partial charge in [-0.25, -0.2) is 4.68 Å². The molecule has 1 heterocycles. The molecule has 0 spiro atoms. The Bertz CT molecular complexity index is 375. The lowest BCUT2D eigenvalue weighted by molar-refractivity contribution is 0.360. The van der Waals surface area contributed by atoms with Crippen molar-refractivity contribution in [3.05, 3.63) is 15.4 Å². The number of methoxy groups -OCH3 is 2. The first-order valence-corrected chi connectivity index (χ1v) is 3.84. The van der Waals surface area contributed by atoms with Crippen LogP contribution in [0.4, 0.5) is 0 Å². The molecule has 0 saturated heterocycles. The molecular weight excluding hydrogens is 196 g/mol. The Hall–Kier alpha value is -1.23. The van der Waals surface area contributed by atoms with E-state index in [1.54, 1.807) is 0 Å². The van der Waals surface area contributed by atoms with E-state index in [9.17, 15) is 4.79 Å². The van der Waals surface area contributed by atoms with Crippen LogP contribution in [0, 0.1) is 0 Å². The van der Waals surface area contributed by atoms with Crippen LogP contribution in [-0.4, -0.2) is 24.0 Å². The van der Waals surface area contributed by atoms with Crippen LogP contribution in [0.3, 0.4) is 0 Å². The van der Waals surface area contributed by atoms with Crippen LogP contribution >= 0.6 is 11.6 Å². The molecule has 0 fully saturated rings. The van der Waals surface area contributed by atoms with Gasteiger partial charge in [-0.2, -0.15) is 0 Å². The second-order valence-electron chi connectivity index (χ2n) is 2.29. The minimum atomic E-state index is -0.395. The molecule has 13 heavy (non-hydrogen) atoms. The molecule has 0 aromatic carbocycles. The minimum absolute atomic E-state index is 0.0380. The second-order valence-corrected chi connectivity index (χ2v) is 2.66. The van der Waals surface area contributed by atoms with Gasteiger partial charge in [-0.15, -0.1) is 5.10 Å². The molecular formula is C7H9ClN2O3. The Morgan fingerprint density at radius 2 is 2.00 bits per heavy atom. The molecule has 0 amide bonds. The SMILES string of the molecule is COc1nn(C)c(=O)c(OC)c1Cl. The maximum atomic E-state index is 11.3. The van der Waals surface area contributed by atoms with Crippen molar-refractivity contribution in [2.75, 3.05) is 14.2 Å². The highest BCUT2D eigenvalue weighted by Gasteiger charge is 2.14. The van der Waals surface area contributed by atoms with E-state index in [4.69, 9.17) is 21.1 Å². The third kappa shape index (κ3) is 1.60. The van der Waals surface area contributed by atoms with Crippen LogP contribution < -0.4 is 15.0 Å². The summed E-state index contributed by atoms with van der Waals surface area (Å²) in [6.07, 6.45) is 0. The second kappa shape index (κ2) is 3.66. The molecule has 72 valence electrons. The molecule has 0 radical (unpaired) electrons. The molecule has 0 saturated carbocycles. The molecule has 6 heteroatoms. The van der Waals surface area contributed by atoms with E-state index in [2.05, 4.69) is 5.10 Å². The number of nitrogens with zero attached hydrogens (tertiary/aromatic N) is 2. The van der Waals surface area contributed by atoms with Crippen LogP contribution in [0.5, 0.6) is 11.6 Å². The molecule has 0 unspecified atom stereocenters. The van der Waals surface area contributed by atoms with Gasteiger partial charge < -0.3 is 9.47 Å². The fraction of sp³-hybridized carbons (Fsp3) is 0.429. The van der Waals surface area contributed by atoms with E-state index < -0.39 is 5.56 Å². The van der Waals surface area contributed by atoms with Crippen molar-refractivity contribution < 1.29 is 9.47 Å². The Balaban J connectivity index is 3.48. The van der Waals surface area contributed by atoms with Gasteiger partial charge in [0.2, 0.25) is 5.75 Å². The van der Waals surface area contributed by atoms with Gasteiger partial charge in [0.25, 0.3) is 5.88 Å². The van der Waals surface area contributed by atoms with Crippen molar-refractivity contribution in [3.8, 4) is 11.6 Å². The lowest BCUT2D eigenvalue weighted by Crippen LogP contribution is -2.21. The number of hydrogen-bond acceptors (Lipinski definition) is 4. The number of ether oxygens (including phenoxy) is 2. The lowest BCUT2D eigenvalue weighted by atomic mass is 10.5. The number of hydrogen-bond donors (Lipinski definition) is 0. The maximum absolute atomic E-state index is 11.3. The molecule has 5 nitrogen and oxygen atoms in total. The summed E-state index contributed by atoms with van der Waals surface area (Å²) in [5.74, 6) is 0.205.